The summed E-state index contributed by atoms with van der Waals surface area (Å²) in [5, 5.41) is 14.1. The highest BCUT2D eigenvalue weighted by molar-refractivity contribution is 5.88. The molecule has 0 bridgehead atoms. The molecule has 15 heavy (non-hydrogen) atoms. The summed E-state index contributed by atoms with van der Waals surface area (Å²) in [6, 6.07) is 0. The number of hydrogen-bond acceptors (Lipinski definition) is 5. The molecule has 0 fully saturated rings. The topological polar surface area (TPSA) is 87.3 Å². The normalized spacial score (nSPS) is 10.0. The Hall–Kier alpha value is -1.92. The van der Waals surface area contributed by atoms with E-state index in [4.69, 9.17) is 0 Å². The number of methoxy groups -OCH3 is 1. The second-order valence-electron chi connectivity index (χ2n) is 2.97. The number of ether oxygens (including phenoxy) is 1. The van der Waals surface area contributed by atoms with Crippen LogP contribution in [0, 0.1) is 10.1 Å². The van der Waals surface area contributed by atoms with Crippen LogP contribution in [-0.2, 0) is 18.2 Å². The number of rotatable bonds is 4. The Bertz CT molecular complexity index is 385. The van der Waals surface area contributed by atoms with Crippen molar-refractivity contribution in [2.24, 2.45) is 7.05 Å². The zero-order valence-electron chi connectivity index (χ0n) is 8.47. The fraction of sp³-hybridized carbons (Fsp3) is 0.500. The Morgan fingerprint density at radius 3 is 2.93 bits per heavy atom. The molecule has 0 aliphatic carbocycles. The van der Waals surface area contributed by atoms with Gasteiger partial charge in [-0.1, -0.05) is 0 Å². The lowest BCUT2D eigenvalue weighted by Crippen LogP contribution is -2.09. The van der Waals surface area contributed by atoms with Crippen LogP contribution in [0.4, 0.5) is 0 Å². The van der Waals surface area contributed by atoms with Gasteiger partial charge in [-0.15, -0.1) is 0 Å². The maximum atomic E-state index is 11.2. The maximum Gasteiger partial charge on any atom is 0.358 e. The molecule has 0 aromatic carbocycles. The van der Waals surface area contributed by atoms with Gasteiger partial charge in [0.1, 0.15) is 0 Å². The first-order chi connectivity index (χ1) is 7.04. The minimum absolute atomic E-state index is 0.141. The molecule has 0 radical (unpaired) electrons. The number of nitrogens with zero attached hydrogens (tertiary/aromatic N) is 3. The molecule has 0 aliphatic heterocycles. The van der Waals surface area contributed by atoms with Gasteiger partial charge in [-0.05, 0) is 0 Å². The van der Waals surface area contributed by atoms with Crippen LogP contribution in [0.2, 0.25) is 0 Å². The van der Waals surface area contributed by atoms with Crippen molar-refractivity contribution in [3.63, 3.8) is 0 Å². The molecule has 1 aromatic rings. The van der Waals surface area contributed by atoms with Gasteiger partial charge in [0.25, 0.3) is 0 Å². The summed E-state index contributed by atoms with van der Waals surface area (Å²) in [6.45, 7) is -0.227. The van der Waals surface area contributed by atoms with Gasteiger partial charge in [0, 0.05) is 30.2 Å². The molecule has 0 spiro atoms. The van der Waals surface area contributed by atoms with Crippen molar-refractivity contribution in [1.29, 1.82) is 0 Å². The molecule has 1 heterocycles. The zero-order chi connectivity index (χ0) is 11.4. The van der Waals surface area contributed by atoms with E-state index in [1.807, 2.05) is 0 Å². The van der Waals surface area contributed by atoms with Crippen molar-refractivity contribution < 1.29 is 14.5 Å². The van der Waals surface area contributed by atoms with E-state index >= 15 is 0 Å². The van der Waals surface area contributed by atoms with Crippen molar-refractivity contribution in [1.82, 2.24) is 9.78 Å². The number of carbonyl (C=O) groups excluding carboxylic acids is 1. The molecule has 0 unspecified atom stereocenters. The molecule has 0 atom stereocenters. The Morgan fingerprint density at radius 1 is 1.73 bits per heavy atom. The van der Waals surface area contributed by atoms with Crippen molar-refractivity contribution in [2.45, 2.75) is 6.42 Å². The third kappa shape index (κ3) is 2.76. The summed E-state index contributed by atoms with van der Waals surface area (Å²) in [5.41, 5.74) is 0.669. The molecular weight excluding hydrogens is 202 g/mol. The van der Waals surface area contributed by atoms with Crippen LogP contribution in [0.15, 0.2) is 6.20 Å². The Balaban J connectivity index is 2.86. The molecule has 0 aliphatic rings. The van der Waals surface area contributed by atoms with Gasteiger partial charge in [-0.2, -0.15) is 5.10 Å². The molecule has 1 rings (SSSR count). The van der Waals surface area contributed by atoms with E-state index in [0.29, 0.717) is 5.56 Å². The van der Waals surface area contributed by atoms with Crippen molar-refractivity contribution in [2.75, 3.05) is 13.7 Å². The van der Waals surface area contributed by atoms with Crippen LogP contribution in [0.25, 0.3) is 0 Å². The van der Waals surface area contributed by atoms with Crippen LogP contribution in [0.1, 0.15) is 16.1 Å². The van der Waals surface area contributed by atoms with Crippen molar-refractivity contribution >= 4 is 5.97 Å². The molecule has 7 heteroatoms. The lowest BCUT2D eigenvalue weighted by atomic mass is 10.2. The van der Waals surface area contributed by atoms with Gasteiger partial charge in [0.05, 0.1) is 7.11 Å². The van der Waals surface area contributed by atoms with Gasteiger partial charge >= 0.3 is 5.97 Å². The summed E-state index contributed by atoms with van der Waals surface area (Å²) >= 11 is 0. The second-order valence-corrected chi connectivity index (χ2v) is 2.97. The Kier molecular flexibility index (Phi) is 3.37. The van der Waals surface area contributed by atoms with E-state index in [9.17, 15) is 14.9 Å². The molecule has 0 N–H and O–H groups in total. The van der Waals surface area contributed by atoms with Gasteiger partial charge in [-0.3, -0.25) is 14.8 Å². The van der Waals surface area contributed by atoms with Gasteiger partial charge in [0.15, 0.2) is 5.69 Å². The van der Waals surface area contributed by atoms with E-state index in [1.165, 1.54) is 11.8 Å². The maximum absolute atomic E-state index is 11.2. The third-order valence-corrected chi connectivity index (χ3v) is 1.85. The Labute approximate surface area is 85.8 Å². The largest absolute Gasteiger partial charge is 0.464 e. The van der Waals surface area contributed by atoms with E-state index in [2.05, 4.69) is 9.84 Å². The third-order valence-electron chi connectivity index (χ3n) is 1.85. The van der Waals surface area contributed by atoms with Crippen molar-refractivity contribution in [3.05, 3.63) is 27.6 Å². The minimum atomic E-state index is -0.575. The van der Waals surface area contributed by atoms with Crippen LogP contribution in [0.5, 0.6) is 0 Å². The van der Waals surface area contributed by atoms with E-state index < -0.39 is 10.9 Å². The number of aryl methyl sites for hydroxylation is 1. The van der Waals surface area contributed by atoms with Gasteiger partial charge in [0.2, 0.25) is 6.54 Å². The van der Waals surface area contributed by atoms with Gasteiger partial charge < -0.3 is 4.74 Å². The van der Waals surface area contributed by atoms with Crippen LogP contribution < -0.4 is 0 Å². The fourth-order valence-corrected chi connectivity index (χ4v) is 1.20. The lowest BCUT2D eigenvalue weighted by molar-refractivity contribution is -0.479. The number of hydrogen-bond donors (Lipinski definition) is 0. The standard InChI is InChI=1S/C8H11N3O4/c1-10-5-6(3-4-11(13)14)7(9-10)8(12)15-2/h5H,3-4H2,1-2H3. The first-order valence-electron chi connectivity index (χ1n) is 4.27. The molecule has 7 nitrogen and oxygen atoms in total. The predicted molar refractivity (Wildman–Crippen MR) is 50.1 cm³/mol. The summed E-state index contributed by atoms with van der Waals surface area (Å²) in [7, 11) is 2.89. The number of nitro groups is 1. The average molecular weight is 213 g/mol. The molecule has 0 saturated heterocycles. The summed E-state index contributed by atoms with van der Waals surface area (Å²) in [4.78, 5) is 21.0. The van der Waals surface area contributed by atoms with Crippen molar-refractivity contribution in [3.8, 4) is 0 Å². The number of aromatic nitrogens is 2. The summed E-state index contributed by atoms with van der Waals surface area (Å²) in [6.07, 6.45) is 1.75. The highest BCUT2D eigenvalue weighted by Crippen LogP contribution is 2.08. The minimum Gasteiger partial charge on any atom is -0.464 e. The predicted octanol–water partition coefficient (Wildman–Crippen LogP) is 0.0259. The first kappa shape index (κ1) is 11.2. The van der Waals surface area contributed by atoms with E-state index in [-0.39, 0.29) is 18.7 Å². The van der Waals surface area contributed by atoms with Crippen LogP contribution >= 0.6 is 0 Å². The highest BCUT2D eigenvalue weighted by atomic mass is 16.6. The smallest absolute Gasteiger partial charge is 0.358 e. The molecule has 0 amide bonds. The molecular formula is C8H11N3O4. The van der Waals surface area contributed by atoms with E-state index in [0.717, 1.165) is 0 Å². The lowest BCUT2D eigenvalue weighted by Gasteiger charge is -1.96. The first-order valence-corrected chi connectivity index (χ1v) is 4.27. The summed E-state index contributed by atoms with van der Waals surface area (Å²) in [5.74, 6) is -0.575. The fourth-order valence-electron chi connectivity index (χ4n) is 1.20. The Morgan fingerprint density at radius 2 is 2.40 bits per heavy atom. The SMILES string of the molecule is COC(=O)c1nn(C)cc1CC[N+](=O)[O-]. The van der Waals surface area contributed by atoms with Gasteiger partial charge in [-0.25, -0.2) is 4.79 Å². The second kappa shape index (κ2) is 4.54. The molecule has 0 saturated carbocycles. The quantitative estimate of drug-likeness (QED) is 0.400. The highest BCUT2D eigenvalue weighted by Gasteiger charge is 2.17. The summed E-state index contributed by atoms with van der Waals surface area (Å²) < 4.78 is 5.94. The average Bonchev–Trinajstić information content (AvgIpc) is 2.55. The number of carbonyl (C=O) groups is 1. The monoisotopic (exact) mass is 213 g/mol. The van der Waals surface area contributed by atoms with E-state index in [1.54, 1.807) is 13.2 Å². The number of esters is 1. The van der Waals surface area contributed by atoms with Crippen LogP contribution in [0.3, 0.4) is 0 Å². The molecule has 1 aromatic heterocycles. The zero-order valence-corrected chi connectivity index (χ0v) is 8.47. The molecule has 82 valence electrons. The van der Waals surface area contributed by atoms with Crippen LogP contribution in [-0.4, -0.2) is 34.3 Å².